The molecule has 0 fully saturated rings. The molecule has 0 aromatic rings. The summed E-state index contributed by atoms with van der Waals surface area (Å²) in [5, 5.41) is 0. The number of carbonyl (C=O) groups is 1. The normalized spacial score (nSPS) is 9.35. The summed E-state index contributed by atoms with van der Waals surface area (Å²) >= 11 is 1.82. The molecule has 0 aromatic carbocycles. The van der Waals surface area contributed by atoms with Crippen LogP contribution in [0.1, 0.15) is 0 Å². The van der Waals surface area contributed by atoms with Crippen molar-refractivity contribution in [3.8, 4) is 0 Å². The van der Waals surface area contributed by atoms with E-state index >= 15 is 0 Å². The van der Waals surface area contributed by atoms with Crippen LogP contribution in [0.15, 0.2) is 11.0 Å². The minimum atomic E-state index is 0.0347. The molecule has 0 spiro atoms. The average molecular weight is 390 g/mol. The van der Waals surface area contributed by atoms with Gasteiger partial charge in [0.1, 0.15) is 0 Å². The average Bonchev–Trinajstić information content (AvgIpc) is 2.14. The summed E-state index contributed by atoms with van der Waals surface area (Å²) in [5.74, 6) is 0.0347. The Kier molecular flexibility index (Phi) is 31.0. The van der Waals surface area contributed by atoms with Gasteiger partial charge in [-0.1, -0.05) is 58.9 Å². The van der Waals surface area contributed by atoms with Crippen molar-refractivity contribution in [3.05, 3.63) is 11.0 Å². The molecule has 2 nitrogen and oxygen atoms in total. The number of hydrogen-bond acceptors (Lipinski definition) is 1. The van der Waals surface area contributed by atoms with Gasteiger partial charge in [-0.25, -0.2) is 0 Å². The van der Waals surface area contributed by atoms with Crippen molar-refractivity contribution in [2.24, 2.45) is 0 Å². The quantitative estimate of drug-likeness (QED) is 0.492. The molecular weight excluding hydrogens is 355 g/mol. The zero-order valence-corrected chi connectivity index (χ0v) is 20.6. The smallest absolute Gasteiger partial charge is 0.0379 e. The zero-order valence-electron chi connectivity index (χ0n) is 15.5. The van der Waals surface area contributed by atoms with Gasteiger partial charge >= 0.3 is 57.2 Å². The van der Waals surface area contributed by atoms with Gasteiger partial charge in [-0.2, -0.15) is 0 Å². The van der Waals surface area contributed by atoms with Gasteiger partial charge in [0, 0.05) is 26.4 Å². The van der Waals surface area contributed by atoms with E-state index < -0.39 is 0 Å². The maximum atomic E-state index is 10.6. The molecule has 20 heavy (non-hydrogen) atoms. The second-order valence-corrected chi connectivity index (χ2v) is 15.8. The Balaban J connectivity index is -0.0000000917. The molecule has 0 saturated heterocycles. The molecule has 0 heterocycles. The monoisotopic (exact) mass is 391 g/mol. The van der Waals surface area contributed by atoms with Gasteiger partial charge in [0.25, 0.3) is 0 Å². The van der Waals surface area contributed by atoms with Crippen molar-refractivity contribution in [2.45, 2.75) is 58.9 Å². The first-order chi connectivity index (χ1) is 8.88. The van der Waals surface area contributed by atoms with E-state index in [1.165, 1.54) is 11.0 Å². The van der Waals surface area contributed by atoms with E-state index in [1.54, 1.807) is 19.0 Å². The maximum absolute atomic E-state index is 10.6. The predicted molar refractivity (Wildman–Crippen MR) is 104 cm³/mol. The van der Waals surface area contributed by atoms with E-state index in [9.17, 15) is 4.79 Å². The minimum absolute atomic E-state index is 0.0347. The zero-order chi connectivity index (χ0) is 17.3. The van der Waals surface area contributed by atoms with Crippen LogP contribution in [-0.4, -0.2) is 67.8 Å². The fourth-order valence-electron chi connectivity index (χ4n) is 0.220. The van der Waals surface area contributed by atoms with E-state index in [4.69, 9.17) is 0 Å². The fraction of sp³-hybridized carbons (Fsp3) is 0.786. The number of hydrogen-bond donors (Lipinski definition) is 0. The van der Waals surface area contributed by atoms with E-state index in [0.29, 0.717) is 0 Å². The standard InChI is InChI=1S/C5H8GeNO.3C3H9Si/c1-7(2)5(8)3-4-6;3*1-4(2)3/h3-4H,1-2H3;3*1-3H3/b4-3-;;;. The summed E-state index contributed by atoms with van der Waals surface area (Å²) in [5.41, 5.74) is 0. The van der Waals surface area contributed by atoms with E-state index in [2.05, 4.69) is 58.9 Å². The molecule has 0 unspecified atom stereocenters. The Morgan fingerprint density at radius 1 is 0.800 bits per heavy atom. The van der Waals surface area contributed by atoms with Crippen molar-refractivity contribution in [1.82, 2.24) is 4.90 Å². The van der Waals surface area contributed by atoms with E-state index in [1.807, 2.05) is 16.5 Å². The van der Waals surface area contributed by atoms with Crippen molar-refractivity contribution < 1.29 is 4.79 Å². The number of likely N-dealkylation sites (N-methyl/N-ethyl adjacent to an activating group) is 1. The molecule has 1 amide bonds. The van der Waals surface area contributed by atoms with Crippen LogP contribution in [0.25, 0.3) is 0 Å². The van der Waals surface area contributed by atoms with Crippen molar-refractivity contribution in [2.75, 3.05) is 14.1 Å². The van der Waals surface area contributed by atoms with Gasteiger partial charge in [-0.15, -0.1) is 0 Å². The Morgan fingerprint density at radius 3 is 1.05 bits per heavy atom. The molecule has 0 bridgehead atoms. The summed E-state index contributed by atoms with van der Waals surface area (Å²) in [6.07, 6.45) is 1.53. The summed E-state index contributed by atoms with van der Waals surface area (Å²) in [7, 11) is 3.81. The maximum Gasteiger partial charge on any atom is 0.0379 e. The van der Waals surface area contributed by atoms with E-state index in [0.717, 1.165) is 0 Å². The second kappa shape index (κ2) is 21.7. The number of rotatable bonds is 1. The Morgan fingerprint density at radius 2 is 1.00 bits per heavy atom. The first-order valence-electron chi connectivity index (χ1n) is 6.73. The van der Waals surface area contributed by atoms with Crippen molar-refractivity contribution in [3.63, 3.8) is 0 Å². The van der Waals surface area contributed by atoms with E-state index in [-0.39, 0.29) is 32.3 Å². The molecule has 0 N–H and O–H groups in total. The molecule has 0 aliphatic rings. The van der Waals surface area contributed by atoms with Crippen LogP contribution in [0.3, 0.4) is 0 Å². The van der Waals surface area contributed by atoms with Crippen LogP contribution in [0.2, 0.25) is 58.9 Å². The molecule has 118 valence electrons. The minimum Gasteiger partial charge on any atom is -0.0715 e. The SMILES string of the molecule is CN(C)C(=O)/C=[CH]\[Ge].C[Si](C)C.C[Si](C)C.C[Si](C)C. The van der Waals surface area contributed by atoms with Crippen LogP contribution >= 0.6 is 0 Å². The summed E-state index contributed by atoms with van der Waals surface area (Å²) in [6.45, 7) is 20.4. The topological polar surface area (TPSA) is 20.3 Å². The molecule has 0 aromatic heterocycles. The Bertz CT molecular complexity index is 198. The molecule has 0 aliphatic heterocycles. The molecule has 6 radical (unpaired) electrons. The van der Waals surface area contributed by atoms with Gasteiger partial charge in [-0.05, 0) is 0 Å². The molecule has 0 rings (SSSR count). The van der Waals surface area contributed by atoms with Gasteiger partial charge in [0.05, 0.1) is 0 Å². The van der Waals surface area contributed by atoms with Crippen LogP contribution in [-0.2, 0) is 4.79 Å². The van der Waals surface area contributed by atoms with Gasteiger partial charge in [0.15, 0.2) is 0 Å². The van der Waals surface area contributed by atoms with Crippen LogP contribution in [0.5, 0.6) is 0 Å². The van der Waals surface area contributed by atoms with Crippen LogP contribution in [0.4, 0.5) is 0 Å². The molecular formula is C14H35GeNOSi3. The summed E-state index contributed by atoms with van der Waals surface area (Å²) in [4.78, 5) is 13.8. The number of nitrogens with zero attached hydrogens (tertiary/aromatic N) is 1. The first kappa shape index (κ1) is 28.5. The first-order valence-corrected chi connectivity index (χ1v) is 16.9. The third-order valence-corrected chi connectivity index (χ3v) is 1.02. The van der Waals surface area contributed by atoms with Crippen molar-refractivity contribution >= 4 is 48.8 Å². The van der Waals surface area contributed by atoms with Crippen LogP contribution in [0, 0.1) is 0 Å². The summed E-state index contributed by atoms with van der Waals surface area (Å²) < 4.78 is 0. The van der Waals surface area contributed by atoms with Crippen molar-refractivity contribution in [1.29, 1.82) is 0 Å². The van der Waals surface area contributed by atoms with Crippen LogP contribution < -0.4 is 0 Å². The Labute approximate surface area is 142 Å². The molecule has 6 heteroatoms. The number of amides is 1. The number of carbonyl (C=O) groups excluding carboxylic acids is 1. The molecule has 0 aliphatic carbocycles. The summed E-state index contributed by atoms with van der Waals surface area (Å²) in [6, 6.07) is 0. The second-order valence-electron chi connectivity index (χ2n) is 6.07. The molecule has 0 atom stereocenters. The largest absolute Gasteiger partial charge is 0.0715 e. The third-order valence-electron chi connectivity index (χ3n) is 0.667. The van der Waals surface area contributed by atoms with Gasteiger partial charge in [-0.3, -0.25) is 0 Å². The Hall–Kier alpha value is 0.404. The third kappa shape index (κ3) is 102. The predicted octanol–water partition coefficient (Wildman–Crippen LogP) is 3.87. The fourth-order valence-corrected chi connectivity index (χ4v) is 0.519. The molecule has 0 saturated carbocycles. The van der Waals surface area contributed by atoms with Gasteiger partial charge in [0.2, 0.25) is 0 Å². The van der Waals surface area contributed by atoms with Gasteiger partial charge < -0.3 is 0 Å².